The fourth-order valence-electron chi connectivity index (χ4n) is 6.40. The van der Waals surface area contributed by atoms with Crippen molar-refractivity contribution in [1.29, 1.82) is 0 Å². The topological polar surface area (TPSA) is 99.1 Å². The smallest absolute Gasteiger partial charge is 0.314 e. The zero-order valence-corrected chi connectivity index (χ0v) is 33.6. The van der Waals surface area contributed by atoms with Crippen LogP contribution in [0.25, 0.3) is 0 Å². The van der Waals surface area contributed by atoms with Crippen LogP contribution in [-0.4, -0.2) is 81.1 Å². The maximum absolute atomic E-state index is 12.7. The van der Waals surface area contributed by atoms with Crippen LogP contribution in [-0.2, 0) is 28.6 Å². The van der Waals surface area contributed by atoms with E-state index in [-0.39, 0.29) is 31.8 Å². The number of carbonyl (C=O) groups is 3. The van der Waals surface area contributed by atoms with Gasteiger partial charge in [-0.2, -0.15) is 0 Å². The molecule has 0 saturated heterocycles. The molecule has 0 heterocycles. The molecule has 0 radical (unpaired) electrons. The number of hydrogen-bond donors (Lipinski definition) is 1. The van der Waals surface area contributed by atoms with Gasteiger partial charge in [-0.3, -0.25) is 14.4 Å². The van der Waals surface area contributed by atoms with Crippen molar-refractivity contribution in [1.82, 2.24) is 0 Å². The highest BCUT2D eigenvalue weighted by atomic mass is 16.6. The third kappa shape index (κ3) is 34.8. The van der Waals surface area contributed by atoms with Gasteiger partial charge in [0.05, 0.1) is 40.9 Å². The third-order valence-corrected chi connectivity index (χ3v) is 9.44. The Morgan fingerprint density at radius 2 is 0.860 bits per heavy atom. The highest BCUT2D eigenvalue weighted by molar-refractivity contribution is 5.70. The van der Waals surface area contributed by atoms with E-state index in [1.807, 2.05) is 21.1 Å². The maximum Gasteiger partial charge on any atom is 0.314 e. The minimum absolute atomic E-state index is 0.00269. The molecule has 0 aliphatic carbocycles. The molecule has 0 aliphatic rings. The summed E-state index contributed by atoms with van der Waals surface area (Å²) in [5.74, 6) is -2.22. The van der Waals surface area contributed by atoms with Gasteiger partial charge in [-0.25, -0.2) is 0 Å². The summed E-state index contributed by atoms with van der Waals surface area (Å²) < 4.78 is 17.4. The van der Waals surface area contributed by atoms with E-state index < -0.39 is 18.0 Å². The van der Waals surface area contributed by atoms with Crippen LogP contribution in [0.5, 0.6) is 0 Å². The van der Waals surface area contributed by atoms with Gasteiger partial charge in [0, 0.05) is 12.8 Å². The third-order valence-electron chi connectivity index (χ3n) is 9.44. The van der Waals surface area contributed by atoms with Crippen molar-refractivity contribution in [3.05, 3.63) is 0 Å². The van der Waals surface area contributed by atoms with Crippen LogP contribution < -0.4 is 0 Å². The highest BCUT2D eigenvalue weighted by Gasteiger charge is 2.26. The van der Waals surface area contributed by atoms with Gasteiger partial charge in [-0.1, -0.05) is 168 Å². The number of unbranched alkanes of at least 4 members (excludes halogenated alkanes) is 24. The molecule has 50 heavy (non-hydrogen) atoms. The van der Waals surface area contributed by atoms with Gasteiger partial charge in [0.15, 0.2) is 6.10 Å². The van der Waals surface area contributed by atoms with E-state index in [0.717, 1.165) is 38.5 Å². The first-order valence-corrected chi connectivity index (χ1v) is 21.0. The zero-order chi connectivity index (χ0) is 37.1. The maximum atomic E-state index is 12.7. The second-order valence-electron chi connectivity index (χ2n) is 15.8. The summed E-state index contributed by atoms with van der Waals surface area (Å²) in [6.07, 6.45) is 32.2. The van der Waals surface area contributed by atoms with Crippen LogP contribution in [0.3, 0.4) is 0 Å². The first kappa shape index (κ1) is 48.3. The number of aliphatic carboxylic acids is 1. The molecule has 1 N–H and O–H groups in total. The minimum Gasteiger partial charge on any atom is -0.481 e. The second-order valence-corrected chi connectivity index (χ2v) is 15.8. The Morgan fingerprint density at radius 1 is 0.500 bits per heavy atom. The largest absolute Gasteiger partial charge is 0.481 e. The lowest BCUT2D eigenvalue weighted by molar-refractivity contribution is -0.872. The summed E-state index contributed by atoms with van der Waals surface area (Å²) in [5.41, 5.74) is 0. The van der Waals surface area contributed by atoms with E-state index in [2.05, 4.69) is 13.8 Å². The molecule has 2 unspecified atom stereocenters. The average Bonchev–Trinajstić information content (AvgIpc) is 3.06. The molecule has 0 aromatic carbocycles. The molecule has 0 aromatic rings. The zero-order valence-electron chi connectivity index (χ0n) is 33.6. The number of carboxylic acid groups (broad SMARTS) is 1. The van der Waals surface area contributed by atoms with Crippen molar-refractivity contribution in [3.63, 3.8) is 0 Å². The van der Waals surface area contributed by atoms with E-state index in [9.17, 15) is 19.5 Å². The molecular weight excluding hydrogens is 630 g/mol. The molecule has 0 spiro atoms. The molecule has 0 bridgehead atoms. The van der Waals surface area contributed by atoms with Crippen molar-refractivity contribution < 1.29 is 38.2 Å². The molecule has 2 atom stereocenters. The number of carboxylic acids is 1. The molecule has 0 rings (SSSR count). The Hall–Kier alpha value is -1.67. The van der Waals surface area contributed by atoms with Crippen molar-refractivity contribution in [2.24, 2.45) is 5.92 Å². The van der Waals surface area contributed by atoms with Crippen LogP contribution in [0, 0.1) is 5.92 Å². The first-order valence-electron chi connectivity index (χ1n) is 21.0. The second kappa shape index (κ2) is 34.4. The van der Waals surface area contributed by atoms with E-state index >= 15 is 0 Å². The molecule has 8 nitrogen and oxygen atoms in total. The van der Waals surface area contributed by atoms with E-state index in [1.165, 1.54) is 128 Å². The number of rotatable bonds is 38. The predicted molar refractivity (Wildman–Crippen MR) is 206 cm³/mol. The monoisotopic (exact) mass is 713 g/mol. The molecule has 8 heteroatoms. The summed E-state index contributed by atoms with van der Waals surface area (Å²) in [6.45, 7) is 4.85. The fraction of sp³-hybridized carbons (Fsp3) is 0.929. The lowest BCUT2D eigenvalue weighted by Crippen LogP contribution is -2.43. The van der Waals surface area contributed by atoms with Crippen LogP contribution >= 0.6 is 0 Å². The van der Waals surface area contributed by atoms with Crippen LogP contribution in [0.4, 0.5) is 0 Å². The van der Waals surface area contributed by atoms with Gasteiger partial charge >= 0.3 is 17.9 Å². The molecule has 0 amide bonds. The Kier molecular flexibility index (Phi) is 33.3. The molecular formula is C42H82NO7+. The summed E-state index contributed by atoms with van der Waals surface area (Å²) in [7, 11) is 5.81. The average molecular weight is 713 g/mol. The first-order chi connectivity index (χ1) is 24.1. The lowest BCUT2D eigenvalue weighted by Gasteiger charge is -2.27. The van der Waals surface area contributed by atoms with Gasteiger partial charge in [-0.05, 0) is 12.8 Å². The Labute approximate surface area is 308 Å². The lowest BCUT2D eigenvalue weighted by atomic mass is 10.0. The number of quaternary nitrogens is 1. The number of hydrogen-bond acceptors (Lipinski definition) is 6. The quantitative estimate of drug-likeness (QED) is 0.0386. The van der Waals surface area contributed by atoms with Crippen molar-refractivity contribution in [3.8, 4) is 0 Å². The SMILES string of the molecule is CCCCCCCCCCCCCCCC(=O)OCC(COCC(C[N+](C)(C)C)C(=O)O)OC(=O)CCCCCCCCCCCCCCC. The van der Waals surface area contributed by atoms with E-state index in [1.54, 1.807) is 0 Å². The van der Waals surface area contributed by atoms with Gasteiger partial charge in [0.1, 0.15) is 12.5 Å². The van der Waals surface area contributed by atoms with Gasteiger partial charge in [0.25, 0.3) is 0 Å². The molecule has 0 aliphatic heterocycles. The van der Waals surface area contributed by atoms with Crippen LogP contribution in [0.1, 0.15) is 194 Å². The van der Waals surface area contributed by atoms with Crippen molar-refractivity contribution in [2.75, 3.05) is 47.5 Å². The van der Waals surface area contributed by atoms with Crippen LogP contribution in [0.2, 0.25) is 0 Å². The Balaban J connectivity index is 4.37. The van der Waals surface area contributed by atoms with Gasteiger partial charge in [0.2, 0.25) is 0 Å². The molecule has 0 fully saturated rings. The Morgan fingerprint density at radius 3 is 1.22 bits per heavy atom. The molecule has 0 saturated carbocycles. The summed E-state index contributed by atoms with van der Waals surface area (Å²) in [4.78, 5) is 36.9. The molecule has 296 valence electrons. The highest BCUT2D eigenvalue weighted by Crippen LogP contribution is 2.15. The van der Waals surface area contributed by atoms with E-state index in [0.29, 0.717) is 23.9 Å². The number of ether oxygens (including phenoxy) is 3. The predicted octanol–water partition coefficient (Wildman–Crippen LogP) is 10.8. The number of nitrogens with zero attached hydrogens (tertiary/aromatic N) is 1. The van der Waals surface area contributed by atoms with E-state index in [4.69, 9.17) is 14.2 Å². The van der Waals surface area contributed by atoms with Gasteiger partial charge < -0.3 is 23.8 Å². The standard InChI is InChI=1S/C42H81NO7/c1-6-8-10-12-14-16-18-20-22-24-26-28-30-32-40(44)49-37-39(36-48-35-38(42(46)47)34-43(3,4)5)50-41(45)33-31-29-27-25-23-21-19-17-15-13-11-9-7-2/h38-39H,6-37H2,1-5H3/p+1. The normalized spacial score (nSPS) is 12.9. The summed E-state index contributed by atoms with van der Waals surface area (Å²) in [6, 6.07) is 0. The Bertz CT molecular complexity index is 797. The van der Waals surface area contributed by atoms with Crippen LogP contribution in [0.15, 0.2) is 0 Å². The number of carbonyl (C=O) groups excluding carboxylic acids is 2. The van der Waals surface area contributed by atoms with Gasteiger partial charge in [-0.15, -0.1) is 0 Å². The minimum atomic E-state index is -0.918. The molecule has 0 aromatic heterocycles. The van der Waals surface area contributed by atoms with Crippen molar-refractivity contribution in [2.45, 2.75) is 200 Å². The summed E-state index contributed by atoms with van der Waals surface area (Å²) in [5, 5.41) is 9.65. The summed E-state index contributed by atoms with van der Waals surface area (Å²) >= 11 is 0. The number of esters is 2. The fourth-order valence-corrected chi connectivity index (χ4v) is 6.40. The van der Waals surface area contributed by atoms with Crippen molar-refractivity contribution >= 4 is 17.9 Å².